The maximum Gasteiger partial charge on any atom is 0.240 e. The zero-order valence-electron chi connectivity index (χ0n) is 17.5. The quantitative estimate of drug-likeness (QED) is 0.625. The van der Waals surface area contributed by atoms with Gasteiger partial charge in [-0.25, -0.2) is 5.01 Å². The van der Waals surface area contributed by atoms with Gasteiger partial charge < -0.3 is 14.2 Å². The molecule has 1 aliphatic rings. The van der Waals surface area contributed by atoms with Gasteiger partial charge in [0.25, 0.3) is 0 Å². The molecule has 0 spiro atoms. The molecule has 30 heavy (non-hydrogen) atoms. The Labute approximate surface area is 175 Å². The molecular weight excluding hydrogens is 380 g/mol. The fourth-order valence-corrected chi connectivity index (χ4v) is 3.99. The van der Waals surface area contributed by atoms with E-state index in [1.807, 2.05) is 48.5 Å². The third-order valence-electron chi connectivity index (χ3n) is 5.43. The molecule has 0 saturated carbocycles. The molecule has 6 nitrogen and oxygen atoms in total. The lowest BCUT2D eigenvalue weighted by Crippen LogP contribution is -2.24. The monoisotopic (exact) mass is 404 g/mol. The minimum atomic E-state index is -0.260. The summed E-state index contributed by atoms with van der Waals surface area (Å²) in [5.74, 6) is 1.99. The fraction of sp³-hybridized carbons (Fsp3) is 0.250. The normalized spacial score (nSPS) is 15.8. The van der Waals surface area contributed by atoms with Gasteiger partial charge in [-0.2, -0.15) is 5.10 Å². The number of fused-ring (bicyclic) bond motifs is 1. The molecule has 1 unspecified atom stereocenters. The number of amides is 1. The topological polar surface area (TPSA) is 60.4 Å². The summed E-state index contributed by atoms with van der Waals surface area (Å²) in [4.78, 5) is 12.5. The Kier molecular flexibility index (Phi) is 5.31. The van der Waals surface area contributed by atoms with Crippen LogP contribution in [0.1, 0.15) is 30.5 Å². The average molecular weight is 404 g/mol. The van der Waals surface area contributed by atoms with Crippen molar-refractivity contribution in [3.05, 3.63) is 65.7 Å². The summed E-state index contributed by atoms with van der Waals surface area (Å²) in [7, 11) is 4.88. The molecule has 0 aliphatic carbocycles. The lowest BCUT2D eigenvalue weighted by molar-refractivity contribution is -0.130. The van der Waals surface area contributed by atoms with E-state index in [1.54, 1.807) is 21.3 Å². The van der Waals surface area contributed by atoms with Crippen LogP contribution in [0.3, 0.4) is 0 Å². The van der Waals surface area contributed by atoms with E-state index in [0.717, 1.165) is 33.4 Å². The molecule has 6 heteroatoms. The molecule has 0 fully saturated rings. The number of nitrogens with zero attached hydrogens (tertiary/aromatic N) is 2. The molecule has 0 N–H and O–H groups in total. The van der Waals surface area contributed by atoms with Crippen molar-refractivity contribution >= 4 is 22.4 Å². The Morgan fingerprint density at radius 3 is 2.50 bits per heavy atom. The number of hydrogen-bond acceptors (Lipinski definition) is 5. The second-order valence-corrected chi connectivity index (χ2v) is 7.11. The van der Waals surface area contributed by atoms with Crippen LogP contribution in [0.4, 0.5) is 0 Å². The first-order chi connectivity index (χ1) is 14.6. The molecule has 154 valence electrons. The van der Waals surface area contributed by atoms with Gasteiger partial charge in [0.1, 0.15) is 17.2 Å². The molecule has 3 aromatic carbocycles. The lowest BCUT2D eigenvalue weighted by Gasteiger charge is -2.23. The zero-order chi connectivity index (χ0) is 21.3. The first-order valence-electron chi connectivity index (χ1n) is 9.72. The smallest absolute Gasteiger partial charge is 0.240 e. The minimum Gasteiger partial charge on any atom is -0.497 e. The first kappa shape index (κ1) is 19.8. The van der Waals surface area contributed by atoms with Crippen LogP contribution < -0.4 is 14.2 Å². The number of benzene rings is 3. The molecule has 1 amide bonds. The van der Waals surface area contributed by atoms with E-state index in [0.29, 0.717) is 17.9 Å². The Morgan fingerprint density at radius 1 is 1.00 bits per heavy atom. The zero-order valence-corrected chi connectivity index (χ0v) is 17.5. The Balaban J connectivity index is 1.79. The van der Waals surface area contributed by atoms with Gasteiger partial charge in [0.15, 0.2) is 0 Å². The van der Waals surface area contributed by atoms with Gasteiger partial charge >= 0.3 is 0 Å². The van der Waals surface area contributed by atoms with Gasteiger partial charge in [0, 0.05) is 35.9 Å². The summed E-state index contributed by atoms with van der Waals surface area (Å²) in [5, 5.41) is 8.29. The van der Waals surface area contributed by atoms with E-state index in [9.17, 15) is 4.79 Å². The van der Waals surface area contributed by atoms with Gasteiger partial charge in [-0.3, -0.25) is 4.79 Å². The van der Waals surface area contributed by atoms with Crippen molar-refractivity contribution in [2.75, 3.05) is 21.3 Å². The van der Waals surface area contributed by atoms with Crippen LogP contribution in [0.2, 0.25) is 0 Å². The molecule has 0 aromatic heterocycles. The summed E-state index contributed by atoms with van der Waals surface area (Å²) in [6.07, 6.45) is 0.553. The Hall–Kier alpha value is -3.54. The number of hydrazone groups is 1. The number of ether oxygens (including phenoxy) is 3. The summed E-state index contributed by atoms with van der Waals surface area (Å²) in [6, 6.07) is 17.5. The van der Waals surface area contributed by atoms with E-state index >= 15 is 0 Å². The predicted molar refractivity (Wildman–Crippen MR) is 116 cm³/mol. The van der Waals surface area contributed by atoms with Crippen LogP contribution in [-0.4, -0.2) is 38.0 Å². The van der Waals surface area contributed by atoms with Crippen molar-refractivity contribution in [2.24, 2.45) is 5.10 Å². The number of rotatable bonds is 5. The van der Waals surface area contributed by atoms with Crippen molar-refractivity contribution in [2.45, 2.75) is 19.4 Å². The molecule has 1 atom stereocenters. The summed E-state index contributed by atoms with van der Waals surface area (Å²) < 4.78 is 16.6. The highest BCUT2D eigenvalue weighted by Gasteiger charge is 2.34. The van der Waals surface area contributed by atoms with Gasteiger partial charge in [-0.05, 0) is 17.5 Å². The van der Waals surface area contributed by atoms with Crippen molar-refractivity contribution in [1.29, 1.82) is 0 Å². The molecule has 1 aliphatic heterocycles. The van der Waals surface area contributed by atoms with Crippen LogP contribution in [0.5, 0.6) is 17.2 Å². The maximum atomic E-state index is 12.5. The molecule has 3 aromatic rings. The van der Waals surface area contributed by atoms with Crippen LogP contribution in [0.15, 0.2) is 59.7 Å². The highest BCUT2D eigenvalue weighted by Crippen LogP contribution is 2.42. The SMILES string of the molecule is COc1ccc(C2=NN(C(C)=O)C(c3ccc4ccccc4c3OC)C2)c(OC)c1. The summed E-state index contributed by atoms with van der Waals surface area (Å²) in [5.41, 5.74) is 2.55. The highest BCUT2D eigenvalue weighted by molar-refractivity contribution is 6.05. The van der Waals surface area contributed by atoms with Crippen LogP contribution in [0, 0.1) is 0 Å². The second kappa shape index (κ2) is 8.06. The highest BCUT2D eigenvalue weighted by atomic mass is 16.5. The minimum absolute atomic E-state index is 0.127. The van der Waals surface area contributed by atoms with Crippen LogP contribution in [0.25, 0.3) is 10.8 Å². The third kappa shape index (κ3) is 3.34. The second-order valence-electron chi connectivity index (χ2n) is 7.11. The van der Waals surface area contributed by atoms with Crippen molar-refractivity contribution < 1.29 is 19.0 Å². The average Bonchev–Trinajstić information content (AvgIpc) is 3.23. The van der Waals surface area contributed by atoms with E-state index in [4.69, 9.17) is 14.2 Å². The predicted octanol–water partition coefficient (Wildman–Crippen LogP) is 4.56. The largest absolute Gasteiger partial charge is 0.497 e. The summed E-state index contributed by atoms with van der Waals surface area (Å²) in [6.45, 7) is 1.53. The Morgan fingerprint density at radius 2 is 1.80 bits per heavy atom. The number of hydrogen-bond donors (Lipinski definition) is 0. The molecule has 1 heterocycles. The molecule has 0 radical (unpaired) electrons. The van der Waals surface area contributed by atoms with Crippen molar-refractivity contribution in [3.63, 3.8) is 0 Å². The van der Waals surface area contributed by atoms with Crippen molar-refractivity contribution in [3.8, 4) is 17.2 Å². The number of carbonyl (C=O) groups is 1. The first-order valence-corrected chi connectivity index (χ1v) is 9.72. The van der Waals surface area contributed by atoms with E-state index in [2.05, 4.69) is 11.2 Å². The van der Waals surface area contributed by atoms with Crippen LogP contribution >= 0.6 is 0 Å². The molecule has 0 bridgehead atoms. The molecular formula is C24H24N2O4. The van der Waals surface area contributed by atoms with E-state index < -0.39 is 0 Å². The van der Waals surface area contributed by atoms with Gasteiger partial charge in [0.2, 0.25) is 5.91 Å². The number of carbonyl (C=O) groups excluding carboxylic acids is 1. The third-order valence-corrected chi connectivity index (χ3v) is 5.43. The lowest BCUT2D eigenvalue weighted by atomic mass is 9.94. The van der Waals surface area contributed by atoms with Crippen molar-refractivity contribution in [1.82, 2.24) is 5.01 Å². The van der Waals surface area contributed by atoms with Gasteiger partial charge in [-0.15, -0.1) is 0 Å². The Bertz CT molecular complexity index is 1140. The standard InChI is InChI=1S/C24H24N2O4/c1-15(27)26-22(20-11-9-16-7-5-6-8-18(16)24(20)30-4)14-21(25-26)19-12-10-17(28-2)13-23(19)29-3/h5-13,22H,14H2,1-4H3. The van der Waals surface area contributed by atoms with E-state index in [-0.39, 0.29) is 11.9 Å². The molecule has 4 rings (SSSR count). The molecule has 0 saturated heterocycles. The van der Waals surface area contributed by atoms with Gasteiger partial charge in [0.05, 0.1) is 33.1 Å². The fourth-order valence-electron chi connectivity index (χ4n) is 3.99. The summed E-state index contributed by atoms with van der Waals surface area (Å²) >= 11 is 0. The maximum absolute atomic E-state index is 12.5. The van der Waals surface area contributed by atoms with Crippen LogP contribution in [-0.2, 0) is 4.79 Å². The number of methoxy groups -OCH3 is 3. The van der Waals surface area contributed by atoms with Gasteiger partial charge in [-0.1, -0.05) is 36.4 Å². The van der Waals surface area contributed by atoms with E-state index in [1.165, 1.54) is 11.9 Å².